The minimum atomic E-state index is -3.45. The van der Waals surface area contributed by atoms with Gasteiger partial charge in [-0.05, 0) is 43.5 Å². The number of benzene rings is 1. The number of hydrogen-bond acceptors (Lipinski definition) is 5. The maximum atomic E-state index is 12.5. The first-order chi connectivity index (χ1) is 12.3. The highest BCUT2D eigenvalue weighted by molar-refractivity contribution is 7.91. The van der Waals surface area contributed by atoms with Crippen molar-refractivity contribution in [2.45, 2.75) is 31.2 Å². The summed E-state index contributed by atoms with van der Waals surface area (Å²) in [4.78, 5) is 8.52. The van der Waals surface area contributed by atoms with Crippen LogP contribution in [0.15, 0.2) is 35.6 Å². The molecule has 0 aliphatic carbocycles. The lowest BCUT2D eigenvalue weighted by Gasteiger charge is -2.09. The summed E-state index contributed by atoms with van der Waals surface area (Å²) in [5, 5.41) is 0.557. The molecule has 2 N–H and O–H groups in total. The molecule has 6 nitrogen and oxygen atoms in total. The highest BCUT2D eigenvalue weighted by Crippen LogP contribution is 2.26. The van der Waals surface area contributed by atoms with E-state index in [2.05, 4.69) is 9.97 Å². The normalized spacial score (nSPS) is 12.0. The molecule has 2 aromatic heterocycles. The van der Waals surface area contributed by atoms with Gasteiger partial charge in [-0.3, -0.25) is 0 Å². The molecule has 0 aliphatic heterocycles. The highest BCUT2D eigenvalue weighted by atomic mass is 35.5. The van der Waals surface area contributed by atoms with Crippen molar-refractivity contribution in [3.05, 3.63) is 46.3 Å². The van der Waals surface area contributed by atoms with Crippen molar-refractivity contribution in [2.24, 2.45) is 0 Å². The fourth-order valence-electron chi connectivity index (χ4n) is 2.85. The van der Waals surface area contributed by atoms with E-state index in [-0.39, 0.29) is 15.7 Å². The van der Waals surface area contributed by atoms with Crippen LogP contribution in [0, 0.1) is 6.92 Å². The molecule has 0 aliphatic rings. The third kappa shape index (κ3) is 3.79. The van der Waals surface area contributed by atoms with Crippen molar-refractivity contribution >= 4 is 49.9 Å². The molecule has 0 bridgehead atoms. The van der Waals surface area contributed by atoms with Gasteiger partial charge in [0.05, 0.1) is 27.5 Å². The molecule has 0 spiro atoms. The minimum Gasteiger partial charge on any atom is -0.382 e. The van der Waals surface area contributed by atoms with E-state index >= 15 is 0 Å². The molecular formula is C17H18Cl2N4O2S. The van der Waals surface area contributed by atoms with Crippen LogP contribution >= 0.6 is 23.2 Å². The molecule has 0 atom stereocenters. The highest BCUT2D eigenvalue weighted by Gasteiger charge is 2.18. The summed E-state index contributed by atoms with van der Waals surface area (Å²) >= 11 is 11.8. The van der Waals surface area contributed by atoms with E-state index in [0.29, 0.717) is 35.7 Å². The van der Waals surface area contributed by atoms with E-state index in [1.807, 2.05) is 11.5 Å². The average Bonchev–Trinajstić information content (AvgIpc) is 3.00. The van der Waals surface area contributed by atoms with Crippen LogP contribution in [0.1, 0.15) is 18.4 Å². The van der Waals surface area contributed by atoms with Gasteiger partial charge in [0.1, 0.15) is 5.52 Å². The van der Waals surface area contributed by atoms with Crippen molar-refractivity contribution in [3.8, 4) is 0 Å². The molecular weight excluding hydrogens is 395 g/mol. The topological polar surface area (TPSA) is 90.9 Å². The Balaban J connectivity index is 1.67. The Morgan fingerprint density at radius 1 is 1.19 bits per heavy atom. The number of nitrogens with two attached hydrogens (primary N) is 1. The van der Waals surface area contributed by atoms with E-state index in [1.165, 1.54) is 18.2 Å². The number of imidazole rings is 1. The van der Waals surface area contributed by atoms with Gasteiger partial charge in [0, 0.05) is 17.8 Å². The molecule has 2 heterocycles. The van der Waals surface area contributed by atoms with E-state index in [0.717, 1.165) is 11.1 Å². The monoisotopic (exact) mass is 412 g/mol. The summed E-state index contributed by atoms with van der Waals surface area (Å²) in [5.74, 6) is 0.410. The number of unbranched alkanes of at least 4 members (excludes halogenated alkanes) is 1. The number of anilines is 1. The third-order valence-corrected chi connectivity index (χ3v) is 6.65. The molecule has 3 aromatic rings. The zero-order valence-electron chi connectivity index (χ0n) is 14.1. The van der Waals surface area contributed by atoms with Gasteiger partial charge in [-0.25, -0.2) is 18.4 Å². The van der Waals surface area contributed by atoms with E-state index < -0.39 is 9.84 Å². The first-order valence-corrected chi connectivity index (χ1v) is 10.4. The van der Waals surface area contributed by atoms with Gasteiger partial charge in [-0.2, -0.15) is 0 Å². The van der Waals surface area contributed by atoms with E-state index in [1.54, 1.807) is 12.5 Å². The van der Waals surface area contributed by atoms with Gasteiger partial charge < -0.3 is 10.3 Å². The SMILES string of the molecule is Cc1cnc(N)c2ncn(CCCCS(=O)(=O)c3ccc(Cl)cc3Cl)c12. The smallest absolute Gasteiger partial charge is 0.179 e. The van der Waals surface area contributed by atoms with Crippen molar-refractivity contribution in [2.75, 3.05) is 11.5 Å². The number of sulfone groups is 1. The molecule has 0 amide bonds. The Morgan fingerprint density at radius 2 is 1.96 bits per heavy atom. The second-order valence-electron chi connectivity index (χ2n) is 6.06. The first kappa shape index (κ1) is 18.9. The number of pyridine rings is 1. The van der Waals surface area contributed by atoms with Crippen LogP contribution in [0.2, 0.25) is 10.0 Å². The Hall–Kier alpha value is -1.83. The number of aromatic nitrogens is 3. The summed E-state index contributed by atoms with van der Waals surface area (Å²) in [5.41, 5.74) is 8.43. The summed E-state index contributed by atoms with van der Waals surface area (Å²) < 4.78 is 26.9. The van der Waals surface area contributed by atoms with Crippen molar-refractivity contribution in [3.63, 3.8) is 0 Å². The summed E-state index contributed by atoms with van der Waals surface area (Å²) in [6, 6.07) is 4.41. The van der Waals surface area contributed by atoms with Crippen molar-refractivity contribution < 1.29 is 8.42 Å². The largest absolute Gasteiger partial charge is 0.382 e. The lowest BCUT2D eigenvalue weighted by atomic mass is 10.2. The van der Waals surface area contributed by atoms with Crippen molar-refractivity contribution in [1.29, 1.82) is 0 Å². The van der Waals surface area contributed by atoms with Crippen LogP contribution in [0.3, 0.4) is 0 Å². The quantitative estimate of drug-likeness (QED) is 0.620. The van der Waals surface area contributed by atoms with Crippen LogP contribution in [0.5, 0.6) is 0 Å². The number of halogens is 2. The third-order valence-electron chi connectivity index (χ3n) is 4.14. The zero-order valence-corrected chi connectivity index (χ0v) is 16.4. The van der Waals surface area contributed by atoms with E-state index in [9.17, 15) is 8.42 Å². The molecule has 0 saturated carbocycles. The molecule has 1 aromatic carbocycles. The van der Waals surface area contributed by atoms with Crippen LogP contribution < -0.4 is 5.73 Å². The Morgan fingerprint density at radius 3 is 2.69 bits per heavy atom. The number of fused-ring (bicyclic) bond motifs is 1. The fraction of sp³-hybridized carbons (Fsp3) is 0.294. The average molecular weight is 413 g/mol. The summed E-state index contributed by atoms with van der Waals surface area (Å²) in [6.07, 6.45) is 4.60. The van der Waals surface area contributed by atoms with Crippen LogP contribution in [-0.2, 0) is 16.4 Å². The van der Waals surface area contributed by atoms with Gasteiger partial charge in [0.2, 0.25) is 0 Å². The lowest BCUT2D eigenvalue weighted by molar-refractivity contribution is 0.585. The van der Waals surface area contributed by atoms with Gasteiger partial charge in [-0.15, -0.1) is 0 Å². The molecule has 0 fully saturated rings. The maximum absolute atomic E-state index is 12.5. The van der Waals surface area contributed by atoms with Gasteiger partial charge in [0.15, 0.2) is 15.7 Å². The van der Waals surface area contributed by atoms with Crippen LogP contribution in [0.25, 0.3) is 11.0 Å². The van der Waals surface area contributed by atoms with Gasteiger partial charge in [0.25, 0.3) is 0 Å². The number of hydrogen-bond donors (Lipinski definition) is 1. The second-order valence-corrected chi connectivity index (χ2v) is 8.98. The molecule has 138 valence electrons. The number of aryl methyl sites for hydroxylation is 2. The first-order valence-electron chi connectivity index (χ1n) is 8.03. The summed E-state index contributed by atoms with van der Waals surface area (Å²) in [6.45, 7) is 2.59. The Bertz CT molecular complexity index is 1060. The minimum absolute atomic E-state index is 0.0175. The number of rotatable bonds is 6. The molecule has 0 radical (unpaired) electrons. The second kappa shape index (κ2) is 7.42. The van der Waals surface area contributed by atoms with Crippen LogP contribution in [0.4, 0.5) is 5.82 Å². The maximum Gasteiger partial charge on any atom is 0.179 e. The predicted molar refractivity (Wildman–Crippen MR) is 104 cm³/mol. The fourth-order valence-corrected chi connectivity index (χ4v) is 5.05. The van der Waals surface area contributed by atoms with Gasteiger partial charge in [-0.1, -0.05) is 23.2 Å². The predicted octanol–water partition coefficient (Wildman–Crippen LogP) is 3.88. The van der Waals surface area contributed by atoms with Crippen LogP contribution in [-0.4, -0.2) is 28.7 Å². The van der Waals surface area contributed by atoms with Crippen molar-refractivity contribution in [1.82, 2.24) is 14.5 Å². The Kier molecular flexibility index (Phi) is 5.41. The van der Waals surface area contributed by atoms with E-state index in [4.69, 9.17) is 28.9 Å². The molecule has 9 heteroatoms. The summed E-state index contributed by atoms with van der Waals surface area (Å²) in [7, 11) is -3.45. The number of nitrogen functional groups attached to an aromatic ring is 1. The van der Waals surface area contributed by atoms with Gasteiger partial charge >= 0.3 is 0 Å². The molecule has 0 unspecified atom stereocenters. The Labute approximate surface area is 161 Å². The zero-order chi connectivity index (χ0) is 18.9. The standard InChI is InChI=1S/C17H18Cl2N4O2S/c1-11-9-21-17(20)15-16(11)23(10-22-15)6-2-3-7-26(24,25)14-5-4-12(18)8-13(14)19/h4-5,8-10H,2-3,6-7H2,1H3,(H2,20,21). The number of nitrogens with zero attached hydrogens (tertiary/aromatic N) is 3. The lowest BCUT2D eigenvalue weighted by Crippen LogP contribution is -2.09. The molecule has 26 heavy (non-hydrogen) atoms. The molecule has 3 rings (SSSR count). The molecule has 0 saturated heterocycles.